The molecule has 0 spiro atoms. The van der Waals surface area contributed by atoms with Crippen molar-refractivity contribution >= 4 is 73.9 Å². The zero-order valence-corrected chi connectivity index (χ0v) is 14.7. The van der Waals surface area contributed by atoms with Crippen molar-refractivity contribution in [1.82, 2.24) is 0 Å². The van der Waals surface area contributed by atoms with Crippen LogP contribution in [-0.2, 0) is 4.79 Å². The number of hydrogen-bond acceptors (Lipinski definition) is 2. The van der Waals surface area contributed by atoms with Crippen LogP contribution in [0, 0.1) is 0 Å². The average molecular weight is 392 g/mol. The molecule has 3 rings (SSSR count). The van der Waals surface area contributed by atoms with E-state index in [2.05, 4.69) is 0 Å². The first-order chi connectivity index (χ1) is 10.8. The van der Waals surface area contributed by atoms with E-state index in [9.17, 15) is 5.11 Å². The van der Waals surface area contributed by atoms with Crippen molar-refractivity contribution in [1.29, 1.82) is 0 Å². The molecule has 23 heavy (non-hydrogen) atoms. The molecular weight excluding hydrogens is 382 g/mol. The SMILES string of the molecule is CC(=O)O.Oc1c2ccccc2cc2c(Cl)c(Cl)c(Cl)c(Cl)c12. The number of phenolic OH excluding ortho intramolecular Hbond substituents is 1. The highest BCUT2D eigenvalue weighted by Crippen LogP contribution is 2.48. The maximum atomic E-state index is 10.4. The lowest BCUT2D eigenvalue weighted by Crippen LogP contribution is -1.84. The van der Waals surface area contributed by atoms with Crippen LogP contribution in [0.5, 0.6) is 5.75 Å². The molecule has 0 atom stereocenters. The monoisotopic (exact) mass is 390 g/mol. The highest BCUT2D eigenvalue weighted by molar-refractivity contribution is 6.55. The van der Waals surface area contributed by atoms with E-state index in [-0.39, 0.29) is 25.8 Å². The largest absolute Gasteiger partial charge is 0.507 e. The van der Waals surface area contributed by atoms with Gasteiger partial charge in [0, 0.05) is 23.1 Å². The van der Waals surface area contributed by atoms with E-state index in [0.29, 0.717) is 16.2 Å². The highest BCUT2D eigenvalue weighted by Gasteiger charge is 2.19. The molecule has 0 aliphatic heterocycles. The van der Waals surface area contributed by atoms with Crippen LogP contribution < -0.4 is 0 Å². The molecule has 120 valence electrons. The predicted octanol–water partition coefficient (Wildman–Crippen LogP) is 6.40. The summed E-state index contributed by atoms with van der Waals surface area (Å²) >= 11 is 24.4. The quantitative estimate of drug-likeness (QED) is 0.264. The van der Waals surface area contributed by atoms with Gasteiger partial charge in [0.2, 0.25) is 0 Å². The Morgan fingerprint density at radius 2 is 1.43 bits per heavy atom. The van der Waals surface area contributed by atoms with Crippen LogP contribution >= 0.6 is 46.4 Å². The number of aromatic hydroxyl groups is 1. The molecule has 0 amide bonds. The minimum absolute atomic E-state index is 0.0542. The summed E-state index contributed by atoms with van der Waals surface area (Å²) in [5.74, 6) is -0.779. The molecule has 0 aromatic heterocycles. The molecule has 3 nitrogen and oxygen atoms in total. The normalized spacial score (nSPS) is 10.5. The molecule has 3 aromatic rings. The second-order valence-electron chi connectivity index (χ2n) is 4.64. The van der Waals surface area contributed by atoms with Crippen molar-refractivity contribution in [3.05, 3.63) is 50.4 Å². The van der Waals surface area contributed by atoms with Crippen LogP contribution in [-0.4, -0.2) is 16.2 Å². The second-order valence-corrected chi connectivity index (χ2v) is 6.16. The standard InChI is InChI=1S/C14H6Cl4O.C2H4O2/c15-10-8-5-6-3-1-2-4-7(6)14(19)9(8)11(16)13(18)12(10)17;1-2(3)4/h1-5,19H;1H3,(H,3,4). The van der Waals surface area contributed by atoms with E-state index in [1.165, 1.54) is 0 Å². The summed E-state index contributed by atoms with van der Waals surface area (Å²) in [5, 5.41) is 21.2. The molecule has 0 unspecified atom stereocenters. The number of halogens is 4. The number of carboxylic acid groups (broad SMARTS) is 1. The molecular formula is C16H10Cl4O3. The van der Waals surface area contributed by atoms with Crippen molar-refractivity contribution in [2.24, 2.45) is 0 Å². The topological polar surface area (TPSA) is 57.5 Å². The lowest BCUT2D eigenvalue weighted by Gasteiger charge is -2.12. The number of carboxylic acids is 1. The van der Waals surface area contributed by atoms with E-state index >= 15 is 0 Å². The van der Waals surface area contributed by atoms with Gasteiger partial charge in [-0.15, -0.1) is 0 Å². The summed E-state index contributed by atoms with van der Waals surface area (Å²) in [5.41, 5.74) is 0. The van der Waals surface area contributed by atoms with Crippen LogP contribution in [0.25, 0.3) is 21.5 Å². The summed E-state index contributed by atoms with van der Waals surface area (Å²) in [6.07, 6.45) is 0. The minimum Gasteiger partial charge on any atom is -0.507 e. The van der Waals surface area contributed by atoms with Gasteiger partial charge in [-0.05, 0) is 11.5 Å². The van der Waals surface area contributed by atoms with Gasteiger partial charge < -0.3 is 10.2 Å². The third-order valence-electron chi connectivity index (χ3n) is 3.06. The van der Waals surface area contributed by atoms with E-state index in [1.807, 2.05) is 24.3 Å². The number of hydrogen-bond donors (Lipinski definition) is 2. The van der Waals surface area contributed by atoms with Gasteiger partial charge >= 0.3 is 0 Å². The summed E-state index contributed by atoms with van der Waals surface area (Å²) < 4.78 is 0. The van der Waals surface area contributed by atoms with Crippen LogP contribution in [0.3, 0.4) is 0 Å². The van der Waals surface area contributed by atoms with Crippen molar-refractivity contribution in [2.45, 2.75) is 6.92 Å². The fourth-order valence-corrected chi connectivity index (χ4v) is 3.16. The first-order valence-electron chi connectivity index (χ1n) is 6.31. The molecule has 0 saturated heterocycles. The molecule has 0 bridgehead atoms. The maximum Gasteiger partial charge on any atom is 0.300 e. The Labute approximate surface area is 151 Å². The zero-order valence-electron chi connectivity index (χ0n) is 11.7. The van der Waals surface area contributed by atoms with Gasteiger partial charge in [0.1, 0.15) is 5.75 Å². The number of rotatable bonds is 0. The fourth-order valence-electron chi connectivity index (χ4n) is 2.14. The van der Waals surface area contributed by atoms with Gasteiger partial charge in [-0.2, -0.15) is 0 Å². The summed E-state index contributed by atoms with van der Waals surface area (Å²) in [6, 6.07) is 9.22. The molecule has 0 radical (unpaired) electrons. The van der Waals surface area contributed by atoms with Gasteiger partial charge in [0.15, 0.2) is 0 Å². The number of phenols is 1. The van der Waals surface area contributed by atoms with Crippen LogP contribution in [0.2, 0.25) is 20.1 Å². The first-order valence-corrected chi connectivity index (χ1v) is 7.82. The highest BCUT2D eigenvalue weighted by atomic mass is 35.5. The lowest BCUT2D eigenvalue weighted by molar-refractivity contribution is -0.134. The zero-order chi connectivity index (χ0) is 17.3. The Morgan fingerprint density at radius 1 is 0.913 bits per heavy atom. The van der Waals surface area contributed by atoms with Crippen molar-refractivity contribution in [2.75, 3.05) is 0 Å². The number of benzene rings is 3. The number of fused-ring (bicyclic) bond motifs is 2. The average Bonchev–Trinajstić information content (AvgIpc) is 2.50. The van der Waals surface area contributed by atoms with E-state index in [1.54, 1.807) is 6.07 Å². The summed E-state index contributed by atoms with van der Waals surface area (Å²) in [4.78, 5) is 9.00. The number of aliphatic carboxylic acids is 1. The molecule has 0 fully saturated rings. The van der Waals surface area contributed by atoms with Gasteiger partial charge in [-0.25, -0.2) is 0 Å². The van der Waals surface area contributed by atoms with E-state index in [4.69, 9.17) is 56.3 Å². The second kappa shape index (κ2) is 7.02. The van der Waals surface area contributed by atoms with Crippen molar-refractivity contribution in [3.8, 4) is 5.75 Å². The molecule has 3 aromatic carbocycles. The van der Waals surface area contributed by atoms with Gasteiger partial charge in [0.05, 0.1) is 20.1 Å². The first kappa shape index (κ1) is 18.0. The molecule has 0 saturated carbocycles. The molecule has 2 N–H and O–H groups in total. The molecule has 0 heterocycles. The van der Waals surface area contributed by atoms with E-state index in [0.717, 1.165) is 12.3 Å². The Kier molecular flexibility index (Phi) is 5.48. The third-order valence-corrected chi connectivity index (χ3v) is 4.87. The Morgan fingerprint density at radius 3 is 2.04 bits per heavy atom. The summed E-state index contributed by atoms with van der Waals surface area (Å²) in [6.45, 7) is 1.08. The van der Waals surface area contributed by atoms with Crippen LogP contribution in [0.4, 0.5) is 0 Å². The van der Waals surface area contributed by atoms with Gasteiger partial charge in [0.25, 0.3) is 5.97 Å². The van der Waals surface area contributed by atoms with Crippen molar-refractivity contribution < 1.29 is 15.0 Å². The fraction of sp³-hybridized carbons (Fsp3) is 0.0625. The maximum absolute atomic E-state index is 10.4. The van der Waals surface area contributed by atoms with Crippen molar-refractivity contribution in [3.63, 3.8) is 0 Å². The molecule has 7 heteroatoms. The Bertz CT molecular complexity index is 918. The van der Waals surface area contributed by atoms with Gasteiger partial charge in [-0.3, -0.25) is 4.79 Å². The third kappa shape index (κ3) is 3.43. The summed E-state index contributed by atoms with van der Waals surface area (Å²) in [7, 11) is 0. The number of carbonyl (C=O) groups is 1. The Balaban J connectivity index is 0.000000433. The smallest absolute Gasteiger partial charge is 0.300 e. The van der Waals surface area contributed by atoms with Crippen LogP contribution in [0.1, 0.15) is 6.92 Å². The van der Waals surface area contributed by atoms with E-state index < -0.39 is 5.97 Å². The Hall–Kier alpha value is -1.39. The molecule has 0 aliphatic rings. The van der Waals surface area contributed by atoms with Crippen LogP contribution in [0.15, 0.2) is 30.3 Å². The predicted molar refractivity (Wildman–Crippen MR) is 96.5 cm³/mol. The van der Waals surface area contributed by atoms with Gasteiger partial charge in [-0.1, -0.05) is 70.7 Å². The minimum atomic E-state index is -0.833. The molecule has 0 aliphatic carbocycles. The lowest BCUT2D eigenvalue weighted by atomic mass is 10.0.